The molecule has 1 aliphatic rings. The van der Waals surface area contributed by atoms with Crippen LogP contribution >= 0.6 is 0 Å². The zero-order valence-corrected chi connectivity index (χ0v) is 18.0. The van der Waals surface area contributed by atoms with Gasteiger partial charge in [-0.2, -0.15) is 0 Å². The number of hydrogen-bond acceptors (Lipinski definition) is 5. The average molecular weight is 400 g/mol. The molecule has 0 aliphatic carbocycles. The van der Waals surface area contributed by atoms with Crippen molar-refractivity contribution in [2.45, 2.75) is 32.7 Å². The summed E-state index contributed by atoms with van der Waals surface area (Å²) in [6, 6.07) is 12.3. The monoisotopic (exact) mass is 399 g/mol. The molecule has 0 saturated carbocycles. The number of methoxy groups -OCH3 is 3. The fourth-order valence-electron chi connectivity index (χ4n) is 4.59. The smallest absolute Gasteiger partial charge is 0.129 e. The third-order valence-electron chi connectivity index (χ3n) is 6.04. The molecule has 1 saturated heterocycles. The summed E-state index contributed by atoms with van der Waals surface area (Å²) in [5, 5.41) is 10.3. The van der Waals surface area contributed by atoms with Crippen LogP contribution in [0.15, 0.2) is 36.4 Å². The molecule has 1 atom stereocenters. The van der Waals surface area contributed by atoms with Gasteiger partial charge in [-0.05, 0) is 56.5 Å². The molecule has 5 nitrogen and oxygen atoms in total. The predicted molar refractivity (Wildman–Crippen MR) is 115 cm³/mol. The molecule has 0 aromatic heterocycles. The van der Waals surface area contributed by atoms with E-state index in [1.165, 1.54) is 5.56 Å². The Kier molecular flexibility index (Phi) is 7.04. The van der Waals surface area contributed by atoms with Crippen molar-refractivity contribution in [1.29, 1.82) is 0 Å². The van der Waals surface area contributed by atoms with Crippen LogP contribution in [0, 0.1) is 12.3 Å². The molecule has 0 spiro atoms. The molecule has 1 N–H and O–H groups in total. The van der Waals surface area contributed by atoms with Crippen LogP contribution in [0.5, 0.6) is 17.2 Å². The van der Waals surface area contributed by atoms with Crippen molar-refractivity contribution in [1.82, 2.24) is 4.90 Å². The third-order valence-corrected chi connectivity index (χ3v) is 6.04. The molecule has 0 bridgehead atoms. The van der Waals surface area contributed by atoms with E-state index in [-0.39, 0.29) is 12.0 Å². The summed E-state index contributed by atoms with van der Waals surface area (Å²) in [6.07, 6.45) is 2.94. The lowest BCUT2D eigenvalue weighted by molar-refractivity contribution is 0.0285. The van der Waals surface area contributed by atoms with E-state index >= 15 is 0 Å². The van der Waals surface area contributed by atoms with Crippen molar-refractivity contribution < 1.29 is 19.3 Å². The average Bonchev–Trinajstić information content (AvgIpc) is 2.74. The second-order valence-electron chi connectivity index (χ2n) is 8.09. The van der Waals surface area contributed by atoms with Crippen molar-refractivity contribution in [2.24, 2.45) is 5.41 Å². The number of hydrogen-bond donors (Lipinski definition) is 1. The Balaban J connectivity index is 1.78. The maximum Gasteiger partial charge on any atom is 0.129 e. The molecule has 1 heterocycles. The summed E-state index contributed by atoms with van der Waals surface area (Å²) in [7, 11) is 5.08. The number of aliphatic hydroxyl groups excluding tert-OH is 1. The summed E-state index contributed by atoms with van der Waals surface area (Å²) in [4.78, 5) is 2.43. The molecule has 3 rings (SSSR count). The predicted octanol–water partition coefficient (Wildman–Crippen LogP) is 3.84. The van der Waals surface area contributed by atoms with Crippen LogP contribution < -0.4 is 14.2 Å². The van der Waals surface area contributed by atoms with E-state index in [2.05, 4.69) is 23.1 Å². The molecule has 1 aliphatic heterocycles. The molecule has 2 aromatic rings. The highest BCUT2D eigenvalue weighted by molar-refractivity contribution is 5.49. The number of likely N-dealkylation sites (tertiary alicyclic amines) is 1. The first-order chi connectivity index (χ1) is 14.0. The first-order valence-corrected chi connectivity index (χ1v) is 10.2. The summed E-state index contributed by atoms with van der Waals surface area (Å²) in [5.41, 5.74) is 3.24. The Morgan fingerprint density at radius 2 is 1.90 bits per heavy atom. The van der Waals surface area contributed by atoms with Crippen molar-refractivity contribution in [2.75, 3.05) is 41.0 Å². The number of benzene rings is 2. The van der Waals surface area contributed by atoms with Gasteiger partial charge in [-0.3, -0.25) is 4.90 Å². The summed E-state index contributed by atoms with van der Waals surface area (Å²) in [6.45, 7) is 4.88. The number of nitrogens with zero attached hydrogens (tertiary/aromatic N) is 1. The molecule has 158 valence electrons. The molecule has 2 aromatic carbocycles. The topological polar surface area (TPSA) is 51.2 Å². The highest BCUT2D eigenvalue weighted by Crippen LogP contribution is 2.37. The maximum absolute atomic E-state index is 10.3. The van der Waals surface area contributed by atoms with Crippen LogP contribution in [0.25, 0.3) is 0 Å². The highest BCUT2D eigenvalue weighted by atomic mass is 16.5. The number of piperidine rings is 1. The van der Waals surface area contributed by atoms with E-state index in [1.807, 2.05) is 25.1 Å². The van der Waals surface area contributed by atoms with E-state index in [0.29, 0.717) is 0 Å². The molecular weight excluding hydrogens is 366 g/mol. The lowest BCUT2D eigenvalue weighted by Crippen LogP contribution is -2.46. The van der Waals surface area contributed by atoms with E-state index in [9.17, 15) is 5.11 Å². The minimum atomic E-state index is -0.140. The fraction of sp³-hybridized carbons (Fsp3) is 0.500. The van der Waals surface area contributed by atoms with Gasteiger partial charge in [0.1, 0.15) is 17.2 Å². The van der Waals surface area contributed by atoms with Gasteiger partial charge in [0, 0.05) is 29.6 Å². The van der Waals surface area contributed by atoms with Crippen molar-refractivity contribution in [3.05, 3.63) is 53.1 Å². The van der Waals surface area contributed by atoms with E-state index in [0.717, 1.165) is 67.3 Å². The van der Waals surface area contributed by atoms with Gasteiger partial charge in [-0.25, -0.2) is 0 Å². The Hall–Kier alpha value is -2.24. The van der Waals surface area contributed by atoms with Crippen LogP contribution in [0.1, 0.15) is 29.5 Å². The minimum absolute atomic E-state index is 0.140. The van der Waals surface area contributed by atoms with Crippen LogP contribution in [-0.4, -0.2) is 51.0 Å². The van der Waals surface area contributed by atoms with Crippen LogP contribution in [0.4, 0.5) is 0 Å². The summed E-state index contributed by atoms with van der Waals surface area (Å²) < 4.78 is 16.5. The SMILES string of the molecule is COc1cccc(C[C@@]2(CO)CCCN(Cc3ccc(OC)c(C)c3OC)C2)c1. The Bertz CT molecular complexity index is 823. The van der Waals surface area contributed by atoms with Gasteiger partial charge in [-0.1, -0.05) is 18.2 Å². The summed E-state index contributed by atoms with van der Waals surface area (Å²) in [5.74, 6) is 2.59. The molecule has 0 amide bonds. The highest BCUT2D eigenvalue weighted by Gasteiger charge is 2.35. The number of rotatable bonds is 8. The standard InChI is InChI=1S/C24H33NO4/c1-18-22(28-3)10-9-20(23(18)29-4)15-25-12-6-11-24(16-25,17-26)14-19-7-5-8-21(13-19)27-2/h5,7-10,13,26H,6,11-12,14-17H2,1-4H3/t24-/m0/s1. The van der Waals surface area contributed by atoms with Crippen LogP contribution in [0.3, 0.4) is 0 Å². The van der Waals surface area contributed by atoms with Gasteiger partial charge in [0.2, 0.25) is 0 Å². The van der Waals surface area contributed by atoms with Gasteiger partial charge in [0.05, 0.1) is 27.9 Å². The Labute approximate surface area is 174 Å². The zero-order valence-electron chi connectivity index (χ0n) is 18.0. The van der Waals surface area contributed by atoms with Crippen molar-refractivity contribution in [3.63, 3.8) is 0 Å². The second kappa shape index (κ2) is 9.51. The fourth-order valence-corrected chi connectivity index (χ4v) is 4.59. The Morgan fingerprint density at radius 3 is 2.59 bits per heavy atom. The van der Waals surface area contributed by atoms with Crippen molar-refractivity contribution >= 4 is 0 Å². The van der Waals surface area contributed by atoms with E-state index < -0.39 is 0 Å². The molecule has 29 heavy (non-hydrogen) atoms. The van der Waals surface area contributed by atoms with Gasteiger partial charge in [0.25, 0.3) is 0 Å². The Morgan fingerprint density at radius 1 is 1.07 bits per heavy atom. The van der Waals surface area contributed by atoms with Crippen LogP contribution in [-0.2, 0) is 13.0 Å². The van der Waals surface area contributed by atoms with Crippen LogP contribution in [0.2, 0.25) is 0 Å². The molecule has 0 unspecified atom stereocenters. The first-order valence-electron chi connectivity index (χ1n) is 10.2. The van der Waals surface area contributed by atoms with E-state index in [4.69, 9.17) is 14.2 Å². The lowest BCUT2D eigenvalue weighted by Gasteiger charge is -2.42. The van der Waals surface area contributed by atoms with E-state index in [1.54, 1.807) is 21.3 Å². The lowest BCUT2D eigenvalue weighted by atomic mass is 9.75. The van der Waals surface area contributed by atoms with Gasteiger partial charge < -0.3 is 19.3 Å². The normalized spacial score (nSPS) is 19.8. The van der Waals surface area contributed by atoms with Gasteiger partial charge >= 0.3 is 0 Å². The van der Waals surface area contributed by atoms with Crippen molar-refractivity contribution in [3.8, 4) is 17.2 Å². The largest absolute Gasteiger partial charge is 0.497 e. The number of ether oxygens (including phenoxy) is 3. The molecular formula is C24H33NO4. The summed E-state index contributed by atoms with van der Waals surface area (Å²) >= 11 is 0. The molecule has 1 fully saturated rings. The van der Waals surface area contributed by atoms with Gasteiger partial charge in [0.15, 0.2) is 0 Å². The first kappa shape index (κ1) is 21.5. The number of aliphatic hydroxyl groups is 1. The molecule has 0 radical (unpaired) electrons. The van der Waals surface area contributed by atoms with Gasteiger partial charge in [-0.15, -0.1) is 0 Å². The third kappa shape index (κ3) is 4.85. The zero-order chi connectivity index (χ0) is 20.9. The molecule has 5 heteroatoms. The quantitative estimate of drug-likeness (QED) is 0.731. The maximum atomic E-state index is 10.3. The minimum Gasteiger partial charge on any atom is -0.497 e. The second-order valence-corrected chi connectivity index (χ2v) is 8.09.